The van der Waals surface area contributed by atoms with Crippen molar-refractivity contribution in [2.45, 2.75) is 50.4 Å². The largest absolute Gasteiger partial charge is 0.416 e. The molecule has 3 aromatic rings. The SMILES string of the molecule is O=C(NC1CCC(c2ccccc2)CC1)c1[nH]c(=O)[nH]c(=O)c1NCc1cc(F)cc(C(F)(F)F)c1. The standard InChI is InChI=1S/C25H24F4N4O3/c26-18-11-14(10-17(12-18)25(27,28)29)13-30-20-21(32-24(36)33-22(20)34)23(35)31-19-8-6-16(7-9-19)15-4-2-1-3-5-15/h1-5,10-12,16,19,30H,6-9,13H2,(H,31,35)(H2,32,33,34,36). The molecular weight excluding hydrogens is 480 g/mol. The Kier molecular flexibility index (Phi) is 7.27. The number of benzene rings is 2. The van der Waals surface area contributed by atoms with Gasteiger partial charge >= 0.3 is 11.9 Å². The van der Waals surface area contributed by atoms with E-state index < -0.39 is 41.3 Å². The Morgan fingerprint density at radius 2 is 1.67 bits per heavy atom. The molecule has 1 saturated carbocycles. The molecule has 1 aliphatic carbocycles. The van der Waals surface area contributed by atoms with Crippen LogP contribution in [0.25, 0.3) is 0 Å². The van der Waals surface area contributed by atoms with Gasteiger partial charge in [-0.25, -0.2) is 9.18 Å². The zero-order valence-electron chi connectivity index (χ0n) is 19.0. The second kappa shape index (κ2) is 10.4. The smallest absolute Gasteiger partial charge is 0.375 e. The summed E-state index contributed by atoms with van der Waals surface area (Å²) in [5.41, 5.74) is -2.56. The third kappa shape index (κ3) is 6.02. The summed E-state index contributed by atoms with van der Waals surface area (Å²) in [4.78, 5) is 41.5. The lowest BCUT2D eigenvalue weighted by atomic mass is 9.82. The van der Waals surface area contributed by atoms with E-state index in [-0.39, 0.29) is 23.0 Å². The van der Waals surface area contributed by atoms with Crippen LogP contribution in [0.2, 0.25) is 0 Å². The van der Waals surface area contributed by atoms with Gasteiger partial charge in [0.1, 0.15) is 17.2 Å². The highest BCUT2D eigenvalue weighted by Crippen LogP contribution is 2.33. The van der Waals surface area contributed by atoms with E-state index in [1.54, 1.807) is 0 Å². The van der Waals surface area contributed by atoms with Crippen molar-refractivity contribution in [3.63, 3.8) is 0 Å². The van der Waals surface area contributed by atoms with Gasteiger partial charge in [-0.2, -0.15) is 13.2 Å². The molecule has 4 N–H and O–H groups in total. The van der Waals surface area contributed by atoms with Crippen LogP contribution in [-0.4, -0.2) is 21.9 Å². The van der Waals surface area contributed by atoms with Crippen LogP contribution >= 0.6 is 0 Å². The number of nitrogens with one attached hydrogen (secondary N) is 4. The first-order valence-electron chi connectivity index (χ1n) is 11.4. The molecule has 0 spiro atoms. The molecule has 0 aliphatic heterocycles. The van der Waals surface area contributed by atoms with E-state index in [9.17, 15) is 31.9 Å². The minimum Gasteiger partial charge on any atom is -0.375 e. The molecule has 0 saturated heterocycles. The number of aromatic nitrogens is 2. The van der Waals surface area contributed by atoms with Gasteiger partial charge in [0.15, 0.2) is 0 Å². The van der Waals surface area contributed by atoms with Crippen molar-refractivity contribution in [2.75, 3.05) is 5.32 Å². The molecule has 1 amide bonds. The number of carbonyl (C=O) groups is 1. The zero-order valence-corrected chi connectivity index (χ0v) is 19.0. The van der Waals surface area contributed by atoms with Gasteiger partial charge in [0.2, 0.25) is 0 Å². The fourth-order valence-electron chi connectivity index (χ4n) is 4.49. The molecule has 4 rings (SSSR count). The van der Waals surface area contributed by atoms with Crippen LogP contribution in [-0.2, 0) is 12.7 Å². The molecule has 1 aromatic heterocycles. The van der Waals surface area contributed by atoms with Gasteiger partial charge in [-0.1, -0.05) is 30.3 Å². The third-order valence-electron chi connectivity index (χ3n) is 6.26. The minimum atomic E-state index is -4.75. The van der Waals surface area contributed by atoms with Crippen LogP contribution in [0.15, 0.2) is 58.1 Å². The number of aromatic amines is 2. The van der Waals surface area contributed by atoms with E-state index in [1.165, 1.54) is 5.56 Å². The number of rotatable bonds is 6. The van der Waals surface area contributed by atoms with E-state index in [0.717, 1.165) is 25.0 Å². The second-order valence-corrected chi connectivity index (χ2v) is 8.79. The average molecular weight is 504 g/mol. The highest BCUT2D eigenvalue weighted by Gasteiger charge is 2.31. The van der Waals surface area contributed by atoms with E-state index in [4.69, 9.17) is 0 Å². The van der Waals surface area contributed by atoms with Gasteiger partial charge in [0.25, 0.3) is 11.5 Å². The Hall–Kier alpha value is -3.89. The first-order valence-corrected chi connectivity index (χ1v) is 11.4. The first kappa shape index (κ1) is 25.2. The molecule has 36 heavy (non-hydrogen) atoms. The summed E-state index contributed by atoms with van der Waals surface area (Å²) in [6.07, 6.45) is -1.65. The molecule has 1 fully saturated rings. The quantitative estimate of drug-likeness (QED) is 0.376. The number of hydrogen-bond donors (Lipinski definition) is 4. The minimum absolute atomic E-state index is 0.0986. The van der Waals surface area contributed by atoms with Crippen LogP contribution in [0.5, 0.6) is 0 Å². The number of anilines is 1. The second-order valence-electron chi connectivity index (χ2n) is 8.79. The maximum absolute atomic E-state index is 13.7. The van der Waals surface area contributed by atoms with Crippen molar-refractivity contribution in [2.24, 2.45) is 0 Å². The molecule has 1 heterocycles. The summed E-state index contributed by atoms with van der Waals surface area (Å²) >= 11 is 0. The Balaban J connectivity index is 1.47. The molecule has 2 aromatic carbocycles. The number of hydrogen-bond acceptors (Lipinski definition) is 4. The Bertz CT molecular complexity index is 1340. The topological polar surface area (TPSA) is 107 Å². The summed E-state index contributed by atoms with van der Waals surface area (Å²) in [5, 5.41) is 5.40. The number of amides is 1. The fourth-order valence-corrected chi connectivity index (χ4v) is 4.49. The molecule has 1 aliphatic rings. The van der Waals surface area contributed by atoms with Crippen molar-refractivity contribution in [1.29, 1.82) is 0 Å². The van der Waals surface area contributed by atoms with E-state index in [0.29, 0.717) is 24.8 Å². The zero-order chi connectivity index (χ0) is 25.9. The Labute approximate surface area is 203 Å². The normalized spacial score (nSPS) is 18.0. The van der Waals surface area contributed by atoms with Crippen molar-refractivity contribution < 1.29 is 22.4 Å². The lowest BCUT2D eigenvalue weighted by molar-refractivity contribution is -0.137. The monoisotopic (exact) mass is 504 g/mol. The van der Waals surface area contributed by atoms with Crippen molar-refractivity contribution in [3.05, 3.63) is 97.6 Å². The number of alkyl halides is 3. The van der Waals surface area contributed by atoms with Gasteiger partial charge in [0, 0.05) is 12.6 Å². The van der Waals surface area contributed by atoms with Crippen LogP contribution in [0, 0.1) is 5.82 Å². The van der Waals surface area contributed by atoms with Gasteiger partial charge in [-0.15, -0.1) is 0 Å². The summed E-state index contributed by atoms with van der Waals surface area (Å²) in [6, 6.07) is 11.9. The Morgan fingerprint density at radius 1 is 0.972 bits per heavy atom. The van der Waals surface area contributed by atoms with Gasteiger partial charge < -0.3 is 15.6 Å². The predicted molar refractivity (Wildman–Crippen MR) is 125 cm³/mol. The van der Waals surface area contributed by atoms with Crippen LogP contribution in [0.1, 0.15) is 58.8 Å². The van der Waals surface area contributed by atoms with Crippen molar-refractivity contribution >= 4 is 11.6 Å². The average Bonchev–Trinajstić information content (AvgIpc) is 2.83. The van der Waals surface area contributed by atoms with Crippen LogP contribution in [0.3, 0.4) is 0 Å². The van der Waals surface area contributed by atoms with Gasteiger partial charge in [-0.3, -0.25) is 14.6 Å². The number of carbonyl (C=O) groups excluding carboxylic acids is 1. The lowest BCUT2D eigenvalue weighted by Crippen LogP contribution is -2.40. The van der Waals surface area contributed by atoms with Gasteiger partial charge in [-0.05, 0) is 60.9 Å². The highest BCUT2D eigenvalue weighted by atomic mass is 19.4. The van der Waals surface area contributed by atoms with E-state index >= 15 is 0 Å². The van der Waals surface area contributed by atoms with Crippen molar-refractivity contribution in [3.8, 4) is 0 Å². The highest BCUT2D eigenvalue weighted by molar-refractivity contribution is 5.97. The maximum atomic E-state index is 13.7. The molecule has 190 valence electrons. The summed E-state index contributed by atoms with van der Waals surface area (Å²) in [7, 11) is 0. The fraction of sp³-hybridized carbons (Fsp3) is 0.320. The number of H-pyrrole nitrogens is 2. The molecule has 0 radical (unpaired) electrons. The Morgan fingerprint density at radius 3 is 2.33 bits per heavy atom. The third-order valence-corrected chi connectivity index (χ3v) is 6.26. The molecule has 11 heteroatoms. The van der Waals surface area contributed by atoms with E-state index in [1.807, 2.05) is 23.2 Å². The predicted octanol–water partition coefficient (Wildman–Crippen LogP) is 4.29. The van der Waals surface area contributed by atoms with Gasteiger partial charge in [0.05, 0.1) is 5.56 Å². The molecule has 7 nitrogen and oxygen atoms in total. The molecule has 0 bridgehead atoms. The summed E-state index contributed by atoms with van der Waals surface area (Å²) in [5.74, 6) is -1.41. The van der Waals surface area contributed by atoms with Crippen LogP contribution in [0.4, 0.5) is 23.2 Å². The number of halogens is 4. The van der Waals surface area contributed by atoms with Crippen LogP contribution < -0.4 is 21.9 Å². The summed E-state index contributed by atoms with van der Waals surface area (Å²) < 4.78 is 52.7. The molecule has 0 unspecified atom stereocenters. The van der Waals surface area contributed by atoms with Crippen molar-refractivity contribution in [1.82, 2.24) is 15.3 Å². The molecular formula is C25H24F4N4O3. The molecule has 0 atom stereocenters. The maximum Gasteiger partial charge on any atom is 0.416 e. The lowest BCUT2D eigenvalue weighted by Gasteiger charge is -2.29. The summed E-state index contributed by atoms with van der Waals surface area (Å²) in [6.45, 7) is -0.390. The first-order chi connectivity index (χ1) is 17.1. The van der Waals surface area contributed by atoms with E-state index in [2.05, 4.69) is 27.8 Å².